The number of rotatable bonds is 4. The van der Waals surface area contributed by atoms with Crippen molar-refractivity contribution in [3.8, 4) is 0 Å². The first-order valence-corrected chi connectivity index (χ1v) is 6.04. The Balaban J connectivity index is 2.33. The molecule has 1 rings (SSSR count). The summed E-state index contributed by atoms with van der Waals surface area (Å²) in [6, 6.07) is 0. The standard InChI is InChI=1S/C6H9BrN2OS2/c1-4(2-10)3-11-6-9-8-5(7)12-6/h4,10H,2-3H2,1H3. The molecule has 0 amide bonds. The molecular formula is C6H9BrN2OS2. The van der Waals surface area contributed by atoms with Gasteiger partial charge in [0.25, 0.3) is 0 Å². The van der Waals surface area contributed by atoms with E-state index in [2.05, 4.69) is 26.1 Å². The van der Waals surface area contributed by atoms with Gasteiger partial charge in [0.05, 0.1) is 0 Å². The quantitative estimate of drug-likeness (QED) is 0.849. The maximum atomic E-state index is 8.76. The zero-order valence-corrected chi connectivity index (χ0v) is 9.75. The Hall–Kier alpha value is 0.350. The third kappa shape index (κ3) is 3.38. The van der Waals surface area contributed by atoms with E-state index < -0.39 is 0 Å². The smallest absolute Gasteiger partial charge is 0.184 e. The largest absolute Gasteiger partial charge is 0.396 e. The molecule has 6 heteroatoms. The molecule has 0 aliphatic carbocycles. The Labute approximate surface area is 87.7 Å². The van der Waals surface area contributed by atoms with E-state index in [1.54, 1.807) is 11.8 Å². The molecular weight excluding hydrogens is 260 g/mol. The van der Waals surface area contributed by atoms with Crippen molar-refractivity contribution in [1.82, 2.24) is 10.2 Å². The van der Waals surface area contributed by atoms with Gasteiger partial charge in [-0.1, -0.05) is 30.0 Å². The van der Waals surface area contributed by atoms with Crippen molar-refractivity contribution in [2.75, 3.05) is 12.4 Å². The van der Waals surface area contributed by atoms with Crippen LogP contribution in [0.5, 0.6) is 0 Å². The van der Waals surface area contributed by atoms with Crippen molar-refractivity contribution in [2.45, 2.75) is 11.3 Å². The van der Waals surface area contributed by atoms with Crippen molar-refractivity contribution in [2.24, 2.45) is 5.92 Å². The number of hydrogen-bond acceptors (Lipinski definition) is 5. The summed E-state index contributed by atoms with van der Waals surface area (Å²) in [5.74, 6) is 1.20. The number of halogens is 1. The SMILES string of the molecule is CC(CO)CSc1nnc(Br)s1. The lowest BCUT2D eigenvalue weighted by Gasteiger charge is -2.03. The van der Waals surface area contributed by atoms with Crippen molar-refractivity contribution >= 4 is 39.0 Å². The summed E-state index contributed by atoms with van der Waals surface area (Å²) in [5, 5.41) is 16.5. The highest BCUT2D eigenvalue weighted by molar-refractivity contribution is 9.11. The molecule has 3 nitrogen and oxygen atoms in total. The Morgan fingerprint density at radius 1 is 1.67 bits per heavy atom. The minimum absolute atomic E-state index is 0.229. The van der Waals surface area contributed by atoms with E-state index in [1.165, 1.54) is 11.3 Å². The molecule has 1 atom stereocenters. The summed E-state index contributed by atoms with van der Waals surface area (Å²) in [4.78, 5) is 0. The Morgan fingerprint density at radius 2 is 2.42 bits per heavy atom. The molecule has 0 saturated heterocycles. The van der Waals surface area contributed by atoms with Crippen LogP contribution in [0.4, 0.5) is 0 Å². The third-order valence-corrected chi connectivity index (χ3v) is 4.00. The van der Waals surface area contributed by atoms with Crippen LogP contribution < -0.4 is 0 Å². The topological polar surface area (TPSA) is 46.0 Å². The lowest BCUT2D eigenvalue weighted by molar-refractivity contribution is 0.250. The molecule has 1 heterocycles. The van der Waals surface area contributed by atoms with Crippen molar-refractivity contribution in [3.63, 3.8) is 0 Å². The second-order valence-electron chi connectivity index (χ2n) is 2.42. The van der Waals surface area contributed by atoms with Gasteiger partial charge in [-0.15, -0.1) is 10.2 Å². The highest BCUT2D eigenvalue weighted by Gasteiger charge is 2.05. The van der Waals surface area contributed by atoms with Gasteiger partial charge >= 0.3 is 0 Å². The van der Waals surface area contributed by atoms with Crippen LogP contribution in [0.2, 0.25) is 0 Å². The van der Waals surface area contributed by atoms with E-state index in [-0.39, 0.29) is 6.61 Å². The van der Waals surface area contributed by atoms with Crippen LogP contribution in [-0.4, -0.2) is 27.7 Å². The van der Waals surface area contributed by atoms with E-state index in [0.29, 0.717) is 5.92 Å². The van der Waals surface area contributed by atoms with Crippen molar-refractivity contribution in [3.05, 3.63) is 3.92 Å². The number of thioether (sulfide) groups is 1. The van der Waals surface area contributed by atoms with Gasteiger partial charge in [-0.3, -0.25) is 0 Å². The fourth-order valence-corrected chi connectivity index (χ4v) is 2.99. The highest BCUT2D eigenvalue weighted by Crippen LogP contribution is 2.26. The zero-order chi connectivity index (χ0) is 8.97. The maximum Gasteiger partial charge on any atom is 0.184 e. The molecule has 0 radical (unpaired) electrons. The number of nitrogens with zero attached hydrogens (tertiary/aromatic N) is 2. The fraction of sp³-hybridized carbons (Fsp3) is 0.667. The van der Waals surface area contributed by atoms with Crippen LogP contribution in [0.25, 0.3) is 0 Å². The first kappa shape index (κ1) is 10.4. The van der Waals surface area contributed by atoms with E-state index in [9.17, 15) is 0 Å². The Bertz CT molecular complexity index is 243. The van der Waals surface area contributed by atoms with E-state index in [4.69, 9.17) is 5.11 Å². The first-order valence-electron chi connectivity index (χ1n) is 3.45. The van der Waals surface area contributed by atoms with Crippen LogP contribution in [0, 0.1) is 5.92 Å². The summed E-state index contributed by atoms with van der Waals surface area (Å²) in [6.45, 7) is 2.23. The summed E-state index contributed by atoms with van der Waals surface area (Å²) in [7, 11) is 0. The summed E-state index contributed by atoms with van der Waals surface area (Å²) in [5.41, 5.74) is 0. The molecule has 0 saturated carbocycles. The number of aromatic nitrogens is 2. The molecule has 1 aromatic heterocycles. The minimum Gasteiger partial charge on any atom is -0.396 e. The summed E-state index contributed by atoms with van der Waals surface area (Å²) in [6.07, 6.45) is 0. The summed E-state index contributed by atoms with van der Waals surface area (Å²) < 4.78 is 1.75. The van der Waals surface area contributed by atoms with Crippen molar-refractivity contribution < 1.29 is 5.11 Å². The van der Waals surface area contributed by atoms with Gasteiger partial charge in [0.15, 0.2) is 8.26 Å². The van der Waals surface area contributed by atoms with Gasteiger partial charge in [0.2, 0.25) is 0 Å². The molecule has 1 aromatic rings. The van der Waals surface area contributed by atoms with E-state index in [0.717, 1.165) is 14.0 Å². The van der Waals surface area contributed by atoms with Gasteiger partial charge < -0.3 is 5.11 Å². The molecule has 0 bridgehead atoms. The molecule has 12 heavy (non-hydrogen) atoms. The van der Waals surface area contributed by atoms with Crippen molar-refractivity contribution in [1.29, 1.82) is 0 Å². The minimum atomic E-state index is 0.229. The molecule has 1 N–H and O–H groups in total. The van der Waals surface area contributed by atoms with Gasteiger partial charge in [0.1, 0.15) is 0 Å². The van der Waals surface area contributed by atoms with Crippen LogP contribution in [0.3, 0.4) is 0 Å². The van der Waals surface area contributed by atoms with Crippen LogP contribution >= 0.6 is 39.0 Å². The molecule has 68 valence electrons. The fourth-order valence-electron chi connectivity index (χ4n) is 0.518. The van der Waals surface area contributed by atoms with Gasteiger partial charge in [0, 0.05) is 12.4 Å². The highest BCUT2D eigenvalue weighted by atomic mass is 79.9. The Kier molecular flexibility index (Phi) is 4.49. The molecule has 0 fully saturated rings. The van der Waals surface area contributed by atoms with E-state index in [1.807, 2.05) is 6.92 Å². The van der Waals surface area contributed by atoms with Gasteiger partial charge in [-0.2, -0.15) is 0 Å². The third-order valence-electron chi connectivity index (χ3n) is 1.18. The average Bonchev–Trinajstić information content (AvgIpc) is 2.47. The predicted molar refractivity (Wildman–Crippen MR) is 54.6 cm³/mol. The monoisotopic (exact) mass is 268 g/mol. The van der Waals surface area contributed by atoms with Gasteiger partial charge in [-0.05, 0) is 21.8 Å². The zero-order valence-electron chi connectivity index (χ0n) is 6.53. The maximum absolute atomic E-state index is 8.76. The van der Waals surface area contributed by atoms with E-state index >= 15 is 0 Å². The molecule has 0 aliphatic rings. The second-order valence-corrected chi connectivity index (χ2v) is 5.94. The molecule has 0 aliphatic heterocycles. The first-order chi connectivity index (χ1) is 5.72. The normalized spacial score (nSPS) is 13.2. The lowest BCUT2D eigenvalue weighted by atomic mass is 10.2. The van der Waals surface area contributed by atoms with Crippen LogP contribution in [-0.2, 0) is 0 Å². The predicted octanol–water partition coefficient (Wildman–Crippen LogP) is 2.02. The average molecular weight is 269 g/mol. The van der Waals surface area contributed by atoms with Crippen LogP contribution in [0.1, 0.15) is 6.92 Å². The second kappa shape index (κ2) is 5.16. The lowest BCUT2D eigenvalue weighted by Crippen LogP contribution is -2.02. The number of aliphatic hydroxyl groups excluding tert-OH is 1. The number of hydrogen-bond donors (Lipinski definition) is 1. The summed E-state index contributed by atoms with van der Waals surface area (Å²) >= 11 is 6.38. The van der Waals surface area contributed by atoms with Gasteiger partial charge in [-0.25, -0.2) is 0 Å². The number of aliphatic hydroxyl groups is 1. The molecule has 1 unspecified atom stereocenters. The molecule has 0 aromatic carbocycles. The Morgan fingerprint density at radius 3 is 2.92 bits per heavy atom. The van der Waals surface area contributed by atoms with Crippen LogP contribution in [0.15, 0.2) is 8.26 Å². The molecule has 0 spiro atoms.